The van der Waals surface area contributed by atoms with Gasteiger partial charge in [-0.3, -0.25) is 10.1 Å². The maximum atomic E-state index is 12.2. The summed E-state index contributed by atoms with van der Waals surface area (Å²) < 4.78 is 0.829. The van der Waals surface area contributed by atoms with Gasteiger partial charge in [0.2, 0.25) is 0 Å². The van der Waals surface area contributed by atoms with Crippen molar-refractivity contribution in [1.29, 1.82) is 0 Å². The Labute approximate surface area is 127 Å². The van der Waals surface area contributed by atoms with E-state index < -0.39 is 0 Å². The van der Waals surface area contributed by atoms with Crippen LogP contribution >= 0.6 is 27.3 Å². The molecular weight excluding hydrogens is 340 g/mol. The van der Waals surface area contributed by atoms with Crippen molar-refractivity contribution >= 4 is 49.1 Å². The van der Waals surface area contributed by atoms with Gasteiger partial charge in [-0.2, -0.15) is 0 Å². The number of phenols is 1. The van der Waals surface area contributed by atoms with E-state index >= 15 is 0 Å². The van der Waals surface area contributed by atoms with Crippen LogP contribution in [-0.4, -0.2) is 16.0 Å². The number of fused-ring (bicyclic) bond motifs is 1. The zero-order valence-corrected chi connectivity index (χ0v) is 12.5. The predicted octanol–water partition coefficient (Wildman–Crippen LogP) is 4.02. The highest BCUT2D eigenvalue weighted by Crippen LogP contribution is 2.30. The van der Waals surface area contributed by atoms with Crippen LogP contribution in [0.5, 0.6) is 5.75 Å². The van der Waals surface area contributed by atoms with Crippen molar-refractivity contribution in [3.8, 4) is 5.75 Å². The predicted molar refractivity (Wildman–Crippen MR) is 83.4 cm³/mol. The van der Waals surface area contributed by atoms with Gasteiger partial charge in [0.25, 0.3) is 5.91 Å². The van der Waals surface area contributed by atoms with Crippen molar-refractivity contribution in [2.24, 2.45) is 0 Å². The SMILES string of the molecule is O=C(Nc1ncc(Br)s1)c1ccc2ccccc2c1O. The first-order valence-corrected chi connectivity index (χ1v) is 7.39. The number of amides is 1. The van der Waals surface area contributed by atoms with E-state index in [4.69, 9.17) is 0 Å². The van der Waals surface area contributed by atoms with E-state index in [1.165, 1.54) is 11.3 Å². The van der Waals surface area contributed by atoms with Crippen LogP contribution in [0.1, 0.15) is 10.4 Å². The molecule has 100 valence electrons. The number of halogens is 1. The molecule has 1 aromatic heterocycles. The summed E-state index contributed by atoms with van der Waals surface area (Å²) in [5.41, 5.74) is 0.232. The number of nitrogens with zero attached hydrogens (tertiary/aromatic N) is 1. The third-order valence-corrected chi connectivity index (χ3v) is 4.23. The average molecular weight is 349 g/mol. The Hall–Kier alpha value is -1.92. The average Bonchev–Trinajstić information content (AvgIpc) is 2.84. The summed E-state index contributed by atoms with van der Waals surface area (Å²) in [6, 6.07) is 10.8. The normalized spacial score (nSPS) is 10.7. The molecule has 0 aliphatic rings. The van der Waals surface area contributed by atoms with E-state index in [9.17, 15) is 9.90 Å². The minimum absolute atomic E-state index is 0.0174. The number of thiazole rings is 1. The van der Waals surface area contributed by atoms with Crippen molar-refractivity contribution in [2.45, 2.75) is 0 Å². The minimum Gasteiger partial charge on any atom is -0.506 e. The van der Waals surface area contributed by atoms with Crippen LogP contribution in [0.25, 0.3) is 10.8 Å². The molecule has 0 fully saturated rings. The molecule has 0 saturated heterocycles. The Balaban J connectivity index is 1.97. The van der Waals surface area contributed by atoms with Gasteiger partial charge < -0.3 is 5.11 Å². The Kier molecular flexibility index (Phi) is 3.42. The second kappa shape index (κ2) is 5.22. The summed E-state index contributed by atoms with van der Waals surface area (Å²) >= 11 is 4.59. The zero-order chi connectivity index (χ0) is 14.1. The molecule has 0 atom stereocenters. The summed E-state index contributed by atoms with van der Waals surface area (Å²) in [6.45, 7) is 0. The highest BCUT2D eigenvalue weighted by molar-refractivity contribution is 9.11. The molecule has 2 aromatic carbocycles. The fraction of sp³-hybridized carbons (Fsp3) is 0. The molecular formula is C14H9BrN2O2S. The summed E-state index contributed by atoms with van der Waals surface area (Å²) in [6.07, 6.45) is 1.61. The first-order chi connectivity index (χ1) is 9.65. The van der Waals surface area contributed by atoms with Gasteiger partial charge in [0.1, 0.15) is 5.75 Å². The van der Waals surface area contributed by atoms with Gasteiger partial charge >= 0.3 is 0 Å². The highest BCUT2D eigenvalue weighted by Gasteiger charge is 2.15. The van der Waals surface area contributed by atoms with Gasteiger partial charge in [0.15, 0.2) is 5.13 Å². The number of phenolic OH excluding ortho intramolecular Hbond substituents is 1. The lowest BCUT2D eigenvalue weighted by Crippen LogP contribution is -2.11. The molecule has 0 radical (unpaired) electrons. The maximum absolute atomic E-state index is 12.2. The molecule has 0 aliphatic heterocycles. The number of aromatic hydroxyl groups is 1. The lowest BCUT2D eigenvalue weighted by molar-refractivity contribution is 0.102. The molecule has 3 aromatic rings. The Bertz CT molecular complexity index is 801. The Morgan fingerprint density at radius 1 is 1.25 bits per heavy atom. The molecule has 0 aliphatic carbocycles. The number of carbonyl (C=O) groups excluding carboxylic acids is 1. The molecule has 6 heteroatoms. The molecule has 0 spiro atoms. The van der Waals surface area contributed by atoms with E-state index in [2.05, 4.69) is 26.2 Å². The smallest absolute Gasteiger partial charge is 0.261 e. The fourth-order valence-electron chi connectivity index (χ4n) is 1.92. The maximum Gasteiger partial charge on any atom is 0.261 e. The topological polar surface area (TPSA) is 62.2 Å². The van der Waals surface area contributed by atoms with Crippen LogP contribution in [0.3, 0.4) is 0 Å². The lowest BCUT2D eigenvalue weighted by atomic mass is 10.1. The summed E-state index contributed by atoms with van der Waals surface area (Å²) in [4.78, 5) is 16.2. The number of anilines is 1. The van der Waals surface area contributed by atoms with Gasteiger partial charge in [-0.05, 0) is 27.4 Å². The molecule has 0 unspecified atom stereocenters. The number of aromatic nitrogens is 1. The number of hydrogen-bond acceptors (Lipinski definition) is 4. The van der Waals surface area contributed by atoms with Crippen LogP contribution in [-0.2, 0) is 0 Å². The molecule has 0 bridgehead atoms. The number of nitrogens with one attached hydrogen (secondary N) is 1. The van der Waals surface area contributed by atoms with Gasteiger partial charge in [-0.1, -0.05) is 41.7 Å². The van der Waals surface area contributed by atoms with Gasteiger partial charge in [0.05, 0.1) is 15.5 Å². The van der Waals surface area contributed by atoms with Gasteiger partial charge in [-0.15, -0.1) is 0 Å². The monoisotopic (exact) mass is 348 g/mol. The van der Waals surface area contributed by atoms with Crippen molar-refractivity contribution in [3.63, 3.8) is 0 Å². The molecule has 1 heterocycles. The minimum atomic E-state index is -0.380. The van der Waals surface area contributed by atoms with Crippen LogP contribution in [0.15, 0.2) is 46.4 Å². The highest BCUT2D eigenvalue weighted by atomic mass is 79.9. The van der Waals surface area contributed by atoms with Crippen LogP contribution < -0.4 is 5.32 Å². The van der Waals surface area contributed by atoms with Crippen LogP contribution in [0.2, 0.25) is 0 Å². The zero-order valence-electron chi connectivity index (χ0n) is 10.1. The van der Waals surface area contributed by atoms with E-state index in [1.807, 2.05) is 24.3 Å². The van der Waals surface area contributed by atoms with Gasteiger partial charge in [-0.25, -0.2) is 4.98 Å². The number of carbonyl (C=O) groups is 1. The molecule has 4 nitrogen and oxygen atoms in total. The molecule has 3 rings (SSSR count). The Morgan fingerprint density at radius 2 is 2.05 bits per heavy atom. The summed E-state index contributed by atoms with van der Waals surface area (Å²) in [5.74, 6) is -0.397. The van der Waals surface area contributed by atoms with Crippen molar-refractivity contribution < 1.29 is 9.90 Å². The molecule has 20 heavy (non-hydrogen) atoms. The standard InChI is InChI=1S/C14H9BrN2O2S/c15-11-7-16-14(20-11)17-13(19)10-6-5-8-3-1-2-4-9(8)12(10)18/h1-7,18H,(H,16,17,19). The van der Waals surface area contributed by atoms with Crippen molar-refractivity contribution in [1.82, 2.24) is 4.98 Å². The quantitative estimate of drug-likeness (QED) is 0.735. The fourth-order valence-corrected chi connectivity index (χ4v) is 3.02. The lowest BCUT2D eigenvalue weighted by Gasteiger charge is -2.07. The molecule has 1 amide bonds. The van der Waals surface area contributed by atoms with Crippen LogP contribution in [0.4, 0.5) is 5.13 Å². The van der Waals surface area contributed by atoms with E-state index in [0.29, 0.717) is 10.5 Å². The van der Waals surface area contributed by atoms with Crippen molar-refractivity contribution in [2.75, 3.05) is 5.32 Å². The van der Waals surface area contributed by atoms with Gasteiger partial charge in [0, 0.05) is 5.39 Å². The number of hydrogen-bond donors (Lipinski definition) is 2. The van der Waals surface area contributed by atoms with Crippen molar-refractivity contribution in [3.05, 3.63) is 51.9 Å². The number of rotatable bonds is 2. The summed E-state index contributed by atoms with van der Waals surface area (Å²) in [7, 11) is 0. The molecule has 2 N–H and O–H groups in total. The largest absolute Gasteiger partial charge is 0.506 e. The first kappa shape index (κ1) is 13.1. The number of benzene rings is 2. The van der Waals surface area contributed by atoms with Crippen LogP contribution in [0, 0.1) is 0 Å². The van der Waals surface area contributed by atoms with E-state index in [1.54, 1.807) is 18.3 Å². The molecule has 0 saturated carbocycles. The summed E-state index contributed by atoms with van der Waals surface area (Å²) in [5, 5.41) is 14.9. The van der Waals surface area contributed by atoms with E-state index in [0.717, 1.165) is 9.17 Å². The third-order valence-electron chi connectivity index (χ3n) is 2.84. The second-order valence-electron chi connectivity index (χ2n) is 4.11. The third kappa shape index (κ3) is 2.39. The second-order valence-corrected chi connectivity index (χ2v) is 6.52. The first-order valence-electron chi connectivity index (χ1n) is 5.78. The van der Waals surface area contributed by atoms with E-state index in [-0.39, 0.29) is 17.2 Å². The Morgan fingerprint density at radius 3 is 2.80 bits per heavy atom.